The van der Waals surface area contributed by atoms with E-state index in [1.54, 1.807) is 42.5 Å². The fourth-order valence-corrected chi connectivity index (χ4v) is 3.76. The average Bonchev–Trinajstić information content (AvgIpc) is 3.08. The van der Waals surface area contributed by atoms with Gasteiger partial charge in [-0.05, 0) is 30.0 Å². The number of fused-ring (bicyclic) bond motifs is 3. The van der Waals surface area contributed by atoms with E-state index in [-0.39, 0.29) is 11.6 Å². The van der Waals surface area contributed by atoms with Crippen LogP contribution in [0, 0.1) is 0 Å². The van der Waals surface area contributed by atoms with Gasteiger partial charge in [0.1, 0.15) is 0 Å². The molecule has 2 aliphatic rings. The Morgan fingerprint density at radius 1 is 0.741 bits per heavy atom. The van der Waals surface area contributed by atoms with Crippen LogP contribution in [0.1, 0.15) is 55.4 Å². The Kier molecular flexibility index (Phi) is 4.34. The Hall–Kier alpha value is -3.24. The number of nitrogens with two attached hydrogens (primary N) is 2. The molecule has 27 heavy (non-hydrogen) atoms. The molecule has 1 unspecified atom stereocenters. The zero-order valence-corrected chi connectivity index (χ0v) is 14.8. The molecule has 0 bridgehead atoms. The molecule has 1 atom stereocenters. The van der Waals surface area contributed by atoms with Gasteiger partial charge in [0.05, 0.1) is 5.56 Å². The molecule has 0 heterocycles. The van der Waals surface area contributed by atoms with Gasteiger partial charge in [-0.3, -0.25) is 9.59 Å². The Morgan fingerprint density at radius 2 is 1.37 bits per heavy atom. The number of benzene rings is 3. The van der Waals surface area contributed by atoms with E-state index >= 15 is 0 Å². The summed E-state index contributed by atoms with van der Waals surface area (Å²) in [6.07, 6.45) is 2.29. The van der Waals surface area contributed by atoms with Gasteiger partial charge < -0.3 is 11.5 Å². The lowest BCUT2D eigenvalue weighted by atomic mass is 9.83. The number of anilines is 1. The summed E-state index contributed by atoms with van der Waals surface area (Å²) in [7, 11) is 0. The molecule has 4 heteroatoms. The van der Waals surface area contributed by atoms with E-state index in [9.17, 15) is 9.59 Å². The van der Waals surface area contributed by atoms with Gasteiger partial charge in [-0.15, -0.1) is 0 Å². The number of ketones is 2. The first-order valence-corrected chi connectivity index (χ1v) is 8.98. The van der Waals surface area contributed by atoms with Crippen LogP contribution in [0.3, 0.4) is 0 Å². The summed E-state index contributed by atoms with van der Waals surface area (Å²) in [5.41, 5.74) is 16.4. The summed E-state index contributed by atoms with van der Waals surface area (Å²) in [6.45, 7) is 0. The van der Waals surface area contributed by atoms with E-state index in [0.29, 0.717) is 34.0 Å². The van der Waals surface area contributed by atoms with Crippen LogP contribution in [0.2, 0.25) is 0 Å². The van der Waals surface area contributed by atoms with Crippen molar-refractivity contribution < 1.29 is 9.59 Å². The standard InChI is InChI=1S/C14H9NO2.C9H11N/c15-11-7-3-6-10-12(11)14(17)9-5-2-1-4-8(9)13(10)16;10-9-6-5-7-3-1-2-4-8(7)9/h1-7H,15H2;1-4,9H,5-6,10H2. The number of nitrogen functional groups attached to an aromatic ring is 1. The SMILES string of the molecule is NC1CCc2ccccc21.Nc1cccc2c1C(=O)c1ccccc1C2=O. The molecule has 4 N–H and O–H groups in total. The maximum atomic E-state index is 12.2. The van der Waals surface area contributed by atoms with E-state index in [2.05, 4.69) is 24.3 Å². The van der Waals surface area contributed by atoms with Gasteiger partial charge in [-0.25, -0.2) is 0 Å². The predicted molar refractivity (Wildman–Crippen MR) is 106 cm³/mol. The molecule has 134 valence electrons. The molecule has 0 aliphatic heterocycles. The highest BCUT2D eigenvalue weighted by molar-refractivity contribution is 6.29. The minimum Gasteiger partial charge on any atom is -0.398 e. The van der Waals surface area contributed by atoms with Crippen LogP contribution in [0.25, 0.3) is 0 Å². The second kappa shape index (κ2) is 6.82. The van der Waals surface area contributed by atoms with Crippen LogP contribution in [0.4, 0.5) is 5.69 Å². The van der Waals surface area contributed by atoms with Crippen LogP contribution in [-0.2, 0) is 6.42 Å². The Labute approximate surface area is 157 Å². The van der Waals surface area contributed by atoms with Crippen LogP contribution in [-0.4, -0.2) is 11.6 Å². The van der Waals surface area contributed by atoms with Crippen molar-refractivity contribution in [2.75, 3.05) is 5.73 Å². The zero-order valence-electron chi connectivity index (χ0n) is 14.8. The lowest BCUT2D eigenvalue weighted by Crippen LogP contribution is -2.22. The van der Waals surface area contributed by atoms with Crippen molar-refractivity contribution in [1.29, 1.82) is 0 Å². The maximum Gasteiger partial charge on any atom is 0.196 e. The van der Waals surface area contributed by atoms with Crippen molar-refractivity contribution >= 4 is 17.3 Å². The lowest BCUT2D eigenvalue weighted by molar-refractivity contribution is 0.0979. The highest BCUT2D eigenvalue weighted by Gasteiger charge is 2.30. The minimum absolute atomic E-state index is 0.137. The highest BCUT2D eigenvalue weighted by atomic mass is 16.1. The number of hydrogen-bond donors (Lipinski definition) is 2. The molecule has 3 aromatic carbocycles. The number of rotatable bonds is 0. The van der Waals surface area contributed by atoms with Gasteiger partial charge in [-0.2, -0.15) is 0 Å². The monoisotopic (exact) mass is 356 g/mol. The number of aryl methyl sites for hydroxylation is 1. The van der Waals surface area contributed by atoms with Gasteiger partial charge in [0.15, 0.2) is 11.6 Å². The molecule has 3 aromatic rings. The van der Waals surface area contributed by atoms with Crippen molar-refractivity contribution in [3.63, 3.8) is 0 Å². The summed E-state index contributed by atoms with van der Waals surface area (Å²) in [4.78, 5) is 24.4. The largest absolute Gasteiger partial charge is 0.398 e. The highest BCUT2D eigenvalue weighted by Crippen LogP contribution is 2.30. The number of carbonyl (C=O) groups is 2. The summed E-state index contributed by atoms with van der Waals surface area (Å²) in [6, 6.07) is 20.5. The molecule has 2 aliphatic carbocycles. The summed E-state index contributed by atoms with van der Waals surface area (Å²) < 4.78 is 0. The van der Waals surface area contributed by atoms with Crippen molar-refractivity contribution in [3.8, 4) is 0 Å². The van der Waals surface area contributed by atoms with Crippen molar-refractivity contribution in [1.82, 2.24) is 0 Å². The summed E-state index contributed by atoms with van der Waals surface area (Å²) >= 11 is 0. The predicted octanol–water partition coefficient (Wildman–Crippen LogP) is 3.68. The van der Waals surface area contributed by atoms with E-state index in [1.807, 2.05) is 0 Å². The van der Waals surface area contributed by atoms with Crippen molar-refractivity contribution in [3.05, 3.63) is 100 Å². The smallest absolute Gasteiger partial charge is 0.196 e. The van der Waals surface area contributed by atoms with Gasteiger partial charge in [-0.1, -0.05) is 60.7 Å². The number of carbonyl (C=O) groups excluding carboxylic acids is 2. The topological polar surface area (TPSA) is 86.2 Å². The van der Waals surface area contributed by atoms with E-state index < -0.39 is 0 Å². The molecule has 0 spiro atoms. The molecule has 0 saturated heterocycles. The first-order valence-electron chi connectivity index (χ1n) is 8.98. The first kappa shape index (κ1) is 17.2. The van der Waals surface area contributed by atoms with Gasteiger partial charge in [0, 0.05) is 28.4 Å². The Bertz CT molecular complexity index is 1060. The second-order valence-electron chi connectivity index (χ2n) is 6.82. The lowest BCUT2D eigenvalue weighted by Gasteiger charge is -2.18. The van der Waals surface area contributed by atoms with Crippen LogP contribution < -0.4 is 11.5 Å². The van der Waals surface area contributed by atoms with Gasteiger partial charge in [0.25, 0.3) is 0 Å². The Balaban J connectivity index is 0.000000153. The van der Waals surface area contributed by atoms with Crippen LogP contribution in [0.15, 0.2) is 66.7 Å². The quantitative estimate of drug-likeness (QED) is 0.471. The van der Waals surface area contributed by atoms with Gasteiger partial charge >= 0.3 is 0 Å². The zero-order chi connectivity index (χ0) is 19.0. The molecular formula is C23H20N2O2. The molecule has 0 saturated carbocycles. The summed E-state index contributed by atoms with van der Waals surface area (Å²) in [5, 5.41) is 0. The third kappa shape index (κ3) is 2.94. The normalized spacial score (nSPS) is 16.7. The maximum absolute atomic E-state index is 12.2. The number of hydrogen-bond acceptors (Lipinski definition) is 4. The molecular weight excluding hydrogens is 336 g/mol. The summed E-state index contributed by atoms with van der Waals surface area (Å²) in [5.74, 6) is -0.309. The molecule has 0 aromatic heterocycles. The minimum atomic E-state index is -0.173. The van der Waals surface area contributed by atoms with Crippen LogP contribution >= 0.6 is 0 Å². The molecule has 0 amide bonds. The van der Waals surface area contributed by atoms with E-state index in [0.717, 1.165) is 12.8 Å². The molecule has 5 rings (SSSR count). The average molecular weight is 356 g/mol. The van der Waals surface area contributed by atoms with Gasteiger partial charge in [0.2, 0.25) is 0 Å². The fourth-order valence-electron chi connectivity index (χ4n) is 3.76. The van der Waals surface area contributed by atoms with E-state index in [1.165, 1.54) is 11.1 Å². The van der Waals surface area contributed by atoms with E-state index in [4.69, 9.17) is 11.5 Å². The van der Waals surface area contributed by atoms with Crippen molar-refractivity contribution in [2.24, 2.45) is 5.73 Å². The molecule has 0 fully saturated rings. The first-order chi connectivity index (χ1) is 13.1. The van der Waals surface area contributed by atoms with Crippen molar-refractivity contribution in [2.45, 2.75) is 18.9 Å². The fraction of sp³-hybridized carbons (Fsp3) is 0.130. The second-order valence-corrected chi connectivity index (χ2v) is 6.82. The van der Waals surface area contributed by atoms with Crippen LogP contribution in [0.5, 0.6) is 0 Å². The molecule has 0 radical (unpaired) electrons. The third-order valence-electron chi connectivity index (χ3n) is 5.16. The Morgan fingerprint density at radius 3 is 2.11 bits per heavy atom. The third-order valence-corrected chi connectivity index (χ3v) is 5.16. The molecule has 4 nitrogen and oxygen atoms in total.